The normalized spacial score (nSPS) is 21.9. The first-order valence-corrected chi connectivity index (χ1v) is 5.52. The lowest BCUT2D eigenvalue weighted by Gasteiger charge is -2.18. The van der Waals surface area contributed by atoms with Crippen molar-refractivity contribution in [1.29, 1.82) is 0 Å². The van der Waals surface area contributed by atoms with E-state index in [0.717, 1.165) is 12.0 Å². The van der Waals surface area contributed by atoms with E-state index in [0.29, 0.717) is 0 Å². The molecule has 1 aliphatic heterocycles. The van der Waals surface area contributed by atoms with Crippen molar-refractivity contribution in [1.82, 2.24) is 0 Å². The first-order valence-electron chi connectivity index (χ1n) is 5.52. The van der Waals surface area contributed by atoms with E-state index in [1.165, 1.54) is 0 Å². The van der Waals surface area contributed by atoms with Gasteiger partial charge >= 0.3 is 11.9 Å². The molecule has 0 radical (unpaired) electrons. The van der Waals surface area contributed by atoms with Crippen molar-refractivity contribution < 1.29 is 14.3 Å². The van der Waals surface area contributed by atoms with Crippen LogP contribution in [0.25, 0.3) is 0 Å². The number of rotatable bonds is 3. The minimum atomic E-state index is -0.399. The minimum Gasteiger partial charge on any atom is -0.393 e. The van der Waals surface area contributed by atoms with Crippen LogP contribution >= 0.6 is 0 Å². The Kier molecular flexibility index (Phi) is 3.04. The monoisotopic (exact) mass is 218 g/mol. The average Bonchev–Trinajstić information content (AvgIpc) is 2.61. The third-order valence-corrected chi connectivity index (χ3v) is 3.06. The fourth-order valence-corrected chi connectivity index (χ4v) is 2.25. The quantitative estimate of drug-likeness (QED) is 0.577. The van der Waals surface area contributed by atoms with Crippen molar-refractivity contribution >= 4 is 11.9 Å². The summed E-state index contributed by atoms with van der Waals surface area (Å²) >= 11 is 0. The number of carbonyl (C=O) groups is 2. The van der Waals surface area contributed by atoms with Crippen LogP contribution in [0.15, 0.2) is 30.3 Å². The van der Waals surface area contributed by atoms with Crippen LogP contribution in [0.4, 0.5) is 0 Å². The lowest BCUT2D eigenvalue weighted by Crippen LogP contribution is -2.17. The maximum absolute atomic E-state index is 11.5. The lowest BCUT2D eigenvalue weighted by molar-refractivity contribution is -0.153. The van der Waals surface area contributed by atoms with Gasteiger partial charge in [0, 0.05) is 0 Å². The second-order valence-electron chi connectivity index (χ2n) is 4.03. The molecule has 1 saturated heterocycles. The summed E-state index contributed by atoms with van der Waals surface area (Å²) in [6, 6.07) is 9.81. The van der Waals surface area contributed by atoms with Gasteiger partial charge in [-0.3, -0.25) is 9.59 Å². The van der Waals surface area contributed by atoms with E-state index in [1.807, 2.05) is 37.3 Å². The fraction of sp³-hybridized carbons (Fsp3) is 0.385. The summed E-state index contributed by atoms with van der Waals surface area (Å²) in [6.45, 7) is 2.02. The predicted octanol–water partition coefficient (Wildman–Crippen LogP) is 2.27. The van der Waals surface area contributed by atoms with Crippen LogP contribution in [0.1, 0.15) is 31.2 Å². The summed E-state index contributed by atoms with van der Waals surface area (Å²) in [6.07, 6.45) is 1.04. The Bertz CT molecular complexity index is 397. The number of ether oxygens (including phenoxy) is 1. The zero-order valence-corrected chi connectivity index (χ0v) is 9.18. The van der Waals surface area contributed by atoms with Crippen LogP contribution in [0, 0.1) is 5.92 Å². The second kappa shape index (κ2) is 4.47. The molecule has 2 unspecified atom stereocenters. The number of hydrogen-bond acceptors (Lipinski definition) is 3. The number of carbonyl (C=O) groups excluding carboxylic acids is 2. The standard InChI is InChI=1S/C13H14O3/c1-2-10(9-6-4-3-5-7-9)11-8-12(14)16-13(11)15/h3-7,10-11H,2,8H2,1H3. The third kappa shape index (κ3) is 1.98. The molecule has 0 aromatic heterocycles. The molecule has 16 heavy (non-hydrogen) atoms. The van der Waals surface area contributed by atoms with Crippen LogP contribution in [-0.4, -0.2) is 11.9 Å². The van der Waals surface area contributed by atoms with E-state index in [9.17, 15) is 9.59 Å². The molecule has 84 valence electrons. The van der Waals surface area contributed by atoms with Gasteiger partial charge < -0.3 is 4.74 Å². The van der Waals surface area contributed by atoms with E-state index in [2.05, 4.69) is 4.74 Å². The van der Waals surface area contributed by atoms with Crippen molar-refractivity contribution in [3.05, 3.63) is 35.9 Å². The topological polar surface area (TPSA) is 43.4 Å². The van der Waals surface area contributed by atoms with E-state index in [1.54, 1.807) is 0 Å². The van der Waals surface area contributed by atoms with Gasteiger partial charge in [-0.1, -0.05) is 37.3 Å². The molecule has 3 heteroatoms. The Labute approximate surface area is 94.4 Å². The van der Waals surface area contributed by atoms with Crippen LogP contribution in [0.2, 0.25) is 0 Å². The van der Waals surface area contributed by atoms with Crippen molar-refractivity contribution in [2.45, 2.75) is 25.7 Å². The molecule has 0 aliphatic carbocycles. The van der Waals surface area contributed by atoms with E-state index < -0.39 is 5.97 Å². The molecule has 1 heterocycles. The van der Waals surface area contributed by atoms with E-state index in [4.69, 9.17) is 0 Å². The highest BCUT2D eigenvalue weighted by Gasteiger charge is 2.38. The number of cyclic esters (lactones) is 2. The average molecular weight is 218 g/mol. The summed E-state index contributed by atoms with van der Waals surface area (Å²) in [5, 5.41) is 0. The van der Waals surface area contributed by atoms with Crippen LogP contribution in [0.3, 0.4) is 0 Å². The summed E-state index contributed by atoms with van der Waals surface area (Å²) in [7, 11) is 0. The van der Waals surface area contributed by atoms with Gasteiger partial charge in [0.25, 0.3) is 0 Å². The molecule has 2 atom stereocenters. The Morgan fingerprint density at radius 1 is 1.31 bits per heavy atom. The highest BCUT2D eigenvalue weighted by molar-refractivity contribution is 5.95. The highest BCUT2D eigenvalue weighted by Crippen LogP contribution is 2.34. The zero-order valence-electron chi connectivity index (χ0n) is 9.18. The number of esters is 2. The molecule has 0 amide bonds. The molecule has 0 bridgehead atoms. The summed E-state index contributed by atoms with van der Waals surface area (Å²) in [5.74, 6) is -0.995. The molecular weight excluding hydrogens is 204 g/mol. The first kappa shape index (κ1) is 10.9. The van der Waals surface area contributed by atoms with Crippen LogP contribution in [0.5, 0.6) is 0 Å². The van der Waals surface area contributed by atoms with Crippen LogP contribution < -0.4 is 0 Å². The number of hydrogen-bond donors (Lipinski definition) is 0. The lowest BCUT2D eigenvalue weighted by atomic mass is 9.83. The van der Waals surface area contributed by atoms with E-state index in [-0.39, 0.29) is 24.2 Å². The third-order valence-electron chi connectivity index (χ3n) is 3.06. The van der Waals surface area contributed by atoms with Crippen molar-refractivity contribution in [3.8, 4) is 0 Å². The second-order valence-corrected chi connectivity index (χ2v) is 4.03. The maximum Gasteiger partial charge on any atom is 0.317 e. The Morgan fingerprint density at radius 2 is 2.00 bits per heavy atom. The summed E-state index contributed by atoms with van der Waals surface area (Å²) in [5.41, 5.74) is 1.10. The molecule has 1 aromatic rings. The van der Waals surface area contributed by atoms with Crippen molar-refractivity contribution in [3.63, 3.8) is 0 Å². The van der Waals surface area contributed by atoms with Gasteiger partial charge in [-0.15, -0.1) is 0 Å². The summed E-state index contributed by atoms with van der Waals surface area (Å²) < 4.78 is 4.60. The van der Waals surface area contributed by atoms with Gasteiger partial charge in [0.2, 0.25) is 0 Å². The predicted molar refractivity (Wildman–Crippen MR) is 58.7 cm³/mol. The van der Waals surface area contributed by atoms with Gasteiger partial charge in [0.05, 0.1) is 12.3 Å². The van der Waals surface area contributed by atoms with Crippen molar-refractivity contribution in [2.24, 2.45) is 5.92 Å². The Morgan fingerprint density at radius 3 is 2.50 bits per heavy atom. The number of benzene rings is 1. The minimum absolute atomic E-state index is 0.0835. The maximum atomic E-state index is 11.5. The van der Waals surface area contributed by atoms with Gasteiger partial charge in [-0.05, 0) is 17.9 Å². The molecule has 2 rings (SSSR count). The highest BCUT2D eigenvalue weighted by atomic mass is 16.6. The van der Waals surface area contributed by atoms with Gasteiger partial charge in [0.1, 0.15) is 0 Å². The van der Waals surface area contributed by atoms with Gasteiger partial charge in [-0.2, -0.15) is 0 Å². The molecule has 3 nitrogen and oxygen atoms in total. The van der Waals surface area contributed by atoms with Crippen molar-refractivity contribution in [2.75, 3.05) is 0 Å². The molecular formula is C13H14O3. The Hall–Kier alpha value is -1.64. The molecule has 0 spiro atoms. The molecule has 1 aromatic carbocycles. The van der Waals surface area contributed by atoms with Gasteiger partial charge in [0.15, 0.2) is 0 Å². The molecule has 1 fully saturated rings. The van der Waals surface area contributed by atoms with E-state index >= 15 is 0 Å². The van der Waals surface area contributed by atoms with Gasteiger partial charge in [-0.25, -0.2) is 0 Å². The molecule has 0 saturated carbocycles. The largest absolute Gasteiger partial charge is 0.393 e. The SMILES string of the molecule is CCC(c1ccccc1)C1CC(=O)OC1=O. The summed E-state index contributed by atoms with van der Waals surface area (Å²) in [4.78, 5) is 22.6. The first-order chi connectivity index (χ1) is 7.72. The van der Waals surface area contributed by atoms with Crippen LogP contribution in [-0.2, 0) is 14.3 Å². The molecule has 0 N–H and O–H groups in total. The Balaban J connectivity index is 2.24. The zero-order chi connectivity index (χ0) is 11.5. The fourth-order valence-electron chi connectivity index (χ4n) is 2.25. The molecule has 1 aliphatic rings. The smallest absolute Gasteiger partial charge is 0.317 e.